The largest absolute Gasteiger partial charge is 0.311 e. The van der Waals surface area contributed by atoms with Crippen molar-refractivity contribution in [2.45, 2.75) is 51.2 Å². The second-order valence-corrected chi connectivity index (χ2v) is 7.27. The van der Waals surface area contributed by atoms with E-state index in [2.05, 4.69) is 57.3 Å². The predicted octanol–water partition coefficient (Wildman–Crippen LogP) is 3.80. The van der Waals surface area contributed by atoms with Gasteiger partial charge in [-0.3, -0.25) is 4.90 Å². The zero-order chi connectivity index (χ0) is 13.9. The summed E-state index contributed by atoms with van der Waals surface area (Å²) in [7, 11) is 0. The molecule has 1 saturated heterocycles. The molecule has 1 saturated carbocycles. The summed E-state index contributed by atoms with van der Waals surface area (Å²) in [5.41, 5.74) is 1.44. The van der Waals surface area contributed by atoms with Crippen molar-refractivity contribution in [1.82, 2.24) is 10.2 Å². The first-order valence-corrected chi connectivity index (χ1v) is 8.77. The zero-order valence-corrected chi connectivity index (χ0v) is 13.9. The van der Waals surface area contributed by atoms with E-state index in [0.29, 0.717) is 6.04 Å². The van der Waals surface area contributed by atoms with Gasteiger partial charge in [-0.25, -0.2) is 0 Å². The Hall–Kier alpha value is -0.380. The van der Waals surface area contributed by atoms with Crippen LogP contribution in [0.25, 0.3) is 0 Å². The summed E-state index contributed by atoms with van der Waals surface area (Å²) in [6.45, 7) is 5.80. The number of halogens is 1. The number of nitrogens with one attached hydrogen (secondary N) is 1. The minimum atomic E-state index is 0.707. The van der Waals surface area contributed by atoms with Crippen molar-refractivity contribution < 1.29 is 0 Å². The molecule has 20 heavy (non-hydrogen) atoms. The number of piperazine rings is 1. The monoisotopic (exact) mass is 336 g/mol. The van der Waals surface area contributed by atoms with Crippen LogP contribution in [0.5, 0.6) is 0 Å². The van der Waals surface area contributed by atoms with Gasteiger partial charge < -0.3 is 5.32 Å². The van der Waals surface area contributed by atoms with Crippen LogP contribution >= 0.6 is 15.9 Å². The summed E-state index contributed by atoms with van der Waals surface area (Å²) < 4.78 is 1.17. The highest BCUT2D eigenvalue weighted by Crippen LogP contribution is 2.34. The molecule has 3 rings (SSSR count). The van der Waals surface area contributed by atoms with Crippen LogP contribution < -0.4 is 5.32 Å². The molecular weight excluding hydrogens is 312 g/mol. The summed E-state index contributed by atoms with van der Waals surface area (Å²) in [5, 5.41) is 3.79. The second-order valence-electron chi connectivity index (χ2n) is 6.35. The quantitative estimate of drug-likeness (QED) is 0.879. The third-order valence-electron chi connectivity index (χ3n) is 4.68. The molecule has 0 amide bonds. The molecule has 1 aliphatic heterocycles. The molecule has 0 bridgehead atoms. The van der Waals surface area contributed by atoms with Gasteiger partial charge in [-0.15, -0.1) is 0 Å². The fraction of sp³-hybridized carbons (Fsp3) is 0.647. The molecule has 2 nitrogen and oxygen atoms in total. The van der Waals surface area contributed by atoms with Crippen LogP contribution in [0.3, 0.4) is 0 Å². The molecule has 3 heteroatoms. The standard InChI is InChI=1S/C17H25BrN2/c1-2-3-16-10-19-17(14-6-7-14)12-20(16)11-13-4-8-15(18)9-5-13/h4-5,8-9,14,16-17,19H,2-3,6-7,10-12H2,1H3. The number of hydrogen-bond donors (Lipinski definition) is 1. The van der Waals surface area contributed by atoms with E-state index in [1.54, 1.807) is 0 Å². The summed E-state index contributed by atoms with van der Waals surface area (Å²) in [6.07, 6.45) is 5.45. The maximum Gasteiger partial charge on any atom is 0.0237 e. The van der Waals surface area contributed by atoms with Crippen LogP contribution in [0.4, 0.5) is 0 Å². The second kappa shape index (κ2) is 6.59. The van der Waals surface area contributed by atoms with Crippen molar-refractivity contribution in [2.75, 3.05) is 13.1 Å². The van der Waals surface area contributed by atoms with Crippen LogP contribution in [-0.2, 0) is 6.54 Å². The molecule has 1 aromatic rings. The van der Waals surface area contributed by atoms with Gasteiger partial charge in [-0.1, -0.05) is 41.4 Å². The van der Waals surface area contributed by atoms with E-state index in [0.717, 1.165) is 18.5 Å². The van der Waals surface area contributed by atoms with E-state index in [1.165, 1.54) is 48.8 Å². The van der Waals surface area contributed by atoms with E-state index in [9.17, 15) is 0 Å². The molecule has 1 N–H and O–H groups in total. The number of rotatable bonds is 5. The lowest BCUT2D eigenvalue weighted by molar-refractivity contribution is 0.108. The van der Waals surface area contributed by atoms with E-state index in [4.69, 9.17) is 0 Å². The lowest BCUT2D eigenvalue weighted by Crippen LogP contribution is -2.56. The molecule has 1 aromatic carbocycles. The lowest BCUT2D eigenvalue weighted by Gasteiger charge is -2.41. The number of benzene rings is 1. The topological polar surface area (TPSA) is 15.3 Å². The molecule has 2 fully saturated rings. The zero-order valence-electron chi connectivity index (χ0n) is 12.3. The molecule has 110 valence electrons. The third kappa shape index (κ3) is 3.63. The first-order valence-electron chi connectivity index (χ1n) is 7.98. The minimum absolute atomic E-state index is 0.707. The first-order chi connectivity index (χ1) is 9.76. The number of nitrogens with zero attached hydrogens (tertiary/aromatic N) is 1. The molecule has 0 spiro atoms. The Kier molecular flexibility index (Phi) is 4.79. The van der Waals surface area contributed by atoms with Gasteiger partial charge in [0.15, 0.2) is 0 Å². The van der Waals surface area contributed by atoms with Gasteiger partial charge in [0, 0.05) is 36.2 Å². The normalized spacial score (nSPS) is 27.7. The highest BCUT2D eigenvalue weighted by atomic mass is 79.9. The van der Waals surface area contributed by atoms with Gasteiger partial charge in [-0.2, -0.15) is 0 Å². The fourth-order valence-electron chi connectivity index (χ4n) is 3.33. The van der Waals surface area contributed by atoms with Crippen LogP contribution in [-0.4, -0.2) is 30.1 Å². The number of hydrogen-bond acceptors (Lipinski definition) is 2. The highest BCUT2D eigenvalue weighted by molar-refractivity contribution is 9.10. The van der Waals surface area contributed by atoms with E-state index in [-0.39, 0.29) is 0 Å². The molecule has 0 radical (unpaired) electrons. The maximum atomic E-state index is 3.79. The Morgan fingerprint density at radius 3 is 2.65 bits per heavy atom. The van der Waals surface area contributed by atoms with Gasteiger partial charge in [0.25, 0.3) is 0 Å². The molecule has 1 aliphatic carbocycles. The fourth-order valence-corrected chi connectivity index (χ4v) is 3.60. The van der Waals surface area contributed by atoms with Crippen LogP contribution in [0.1, 0.15) is 38.2 Å². The Morgan fingerprint density at radius 1 is 1.25 bits per heavy atom. The summed E-state index contributed by atoms with van der Waals surface area (Å²) in [5.74, 6) is 0.949. The smallest absolute Gasteiger partial charge is 0.0237 e. The SMILES string of the molecule is CCCC1CNC(C2CC2)CN1Cc1ccc(Br)cc1. The molecule has 1 heterocycles. The van der Waals surface area contributed by atoms with Crippen LogP contribution in [0, 0.1) is 5.92 Å². The highest BCUT2D eigenvalue weighted by Gasteiger charge is 2.36. The Labute approximate surface area is 131 Å². The average Bonchev–Trinajstić information content (AvgIpc) is 3.28. The summed E-state index contributed by atoms with van der Waals surface area (Å²) in [4.78, 5) is 2.71. The van der Waals surface area contributed by atoms with Gasteiger partial charge in [0.2, 0.25) is 0 Å². The average molecular weight is 337 g/mol. The molecule has 2 atom stereocenters. The van der Waals surface area contributed by atoms with Crippen molar-refractivity contribution in [3.63, 3.8) is 0 Å². The summed E-state index contributed by atoms with van der Waals surface area (Å²) in [6, 6.07) is 10.3. The Bertz CT molecular complexity index is 427. The Balaban J connectivity index is 1.66. The maximum absolute atomic E-state index is 3.79. The van der Waals surface area contributed by atoms with Crippen molar-refractivity contribution in [2.24, 2.45) is 5.92 Å². The van der Waals surface area contributed by atoms with Crippen molar-refractivity contribution >= 4 is 15.9 Å². The van der Waals surface area contributed by atoms with Crippen molar-refractivity contribution in [3.05, 3.63) is 34.3 Å². The van der Waals surface area contributed by atoms with E-state index < -0.39 is 0 Å². The molecular formula is C17H25BrN2. The van der Waals surface area contributed by atoms with Gasteiger partial charge >= 0.3 is 0 Å². The lowest BCUT2D eigenvalue weighted by atomic mass is 10.0. The molecule has 2 aliphatic rings. The summed E-state index contributed by atoms with van der Waals surface area (Å²) >= 11 is 3.52. The van der Waals surface area contributed by atoms with Crippen LogP contribution in [0.15, 0.2) is 28.7 Å². The van der Waals surface area contributed by atoms with Gasteiger partial charge in [0.1, 0.15) is 0 Å². The predicted molar refractivity (Wildman–Crippen MR) is 87.8 cm³/mol. The third-order valence-corrected chi connectivity index (χ3v) is 5.20. The first kappa shape index (κ1) is 14.6. The van der Waals surface area contributed by atoms with Crippen molar-refractivity contribution in [3.8, 4) is 0 Å². The molecule has 2 unspecified atom stereocenters. The van der Waals surface area contributed by atoms with Crippen molar-refractivity contribution in [1.29, 1.82) is 0 Å². The van der Waals surface area contributed by atoms with Gasteiger partial charge in [0.05, 0.1) is 0 Å². The van der Waals surface area contributed by atoms with Gasteiger partial charge in [-0.05, 0) is 42.9 Å². The van der Waals surface area contributed by atoms with Crippen LogP contribution in [0.2, 0.25) is 0 Å². The van der Waals surface area contributed by atoms with E-state index in [1.807, 2.05) is 0 Å². The minimum Gasteiger partial charge on any atom is -0.311 e. The molecule has 0 aromatic heterocycles. The Morgan fingerprint density at radius 2 is 2.00 bits per heavy atom. The van der Waals surface area contributed by atoms with E-state index >= 15 is 0 Å².